The second-order valence-corrected chi connectivity index (χ2v) is 11.7. The van der Waals surface area contributed by atoms with E-state index in [0.717, 1.165) is 43.2 Å². The summed E-state index contributed by atoms with van der Waals surface area (Å²) in [7, 11) is 1.74. The summed E-state index contributed by atoms with van der Waals surface area (Å²) in [5.74, 6) is 2.58. The van der Waals surface area contributed by atoms with E-state index in [1.807, 2.05) is 0 Å². The van der Waals surface area contributed by atoms with Gasteiger partial charge in [0.25, 0.3) is 0 Å². The fourth-order valence-electron chi connectivity index (χ4n) is 8.49. The number of piperidine rings is 1. The van der Waals surface area contributed by atoms with Gasteiger partial charge in [0, 0.05) is 29.1 Å². The summed E-state index contributed by atoms with van der Waals surface area (Å²) in [6.45, 7) is 2.66. The van der Waals surface area contributed by atoms with Crippen molar-refractivity contribution in [3.63, 3.8) is 0 Å². The van der Waals surface area contributed by atoms with Crippen molar-refractivity contribution >= 4 is 10.9 Å². The van der Waals surface area contributed by atoms with E-state index in [4.69, 9.17) is 9.47 Å². The third-order valence-corrected chi connectivity index (χ3v) is 10.1. The van der Waals surface area contributed by atoms with Crippen LogP contribution in [0.4, 0.5) is 4.39 Å². The monoisotopic (exact) mass is 487 g/mol. The molecule has 5 nitrogen and oxygen atoms in total. The number of H-pyrrole nitrogens is 1. The first-order valence-corrected chi connectivity index (χ1v) is 13.7. The van der Waals surface area contributed by atoms with Crippen LogP contribution < -0.4 is 14.8 Å². The first-order chi connectivity index (χ1) is 17.7. The normalized spacial score (nSPS) is 31.7. The van der Waals surface area contributed by atoms with E-state index in [1.165, 1.54) is 52.7 Å². The van der Waals surface area contributed by atoms with Crippen LogP contribution in [0.25, 0.3) is 10.9 Å². The summed E-state index contributed by atoms with van der Waals surface area (Å²) in [6.07, 6.45) is 6.10. The molecule has 0 radical (unpaired) electrons. The molecule has 2 aromatic carbocycles. The minimum Gasteiger partial charge on any atom is -0.493 e. The van der Waals surface area contributed by atoms with Crippen molar-refractivity contribution in [2.75, 3.05) is 33.4 Å². The Morgan fingerprint density at radius 1 is 1.22 bits per heavy atom. The summed E-state index contributed by atoms with van der Waals surface area (Å²) >= 11 is 0. The second kappa shape index (κ2) is 7.48. The molecule has 1 saturated carbocycles. The SMILES string of the molecule is COc1ccc2c3c1O[C@H]1c4[nH]c5ccccc5c4C[C@@]4(NCCCF)C(C2)N(CC2CC2)CCC314. The van der Waals surface area contributed by atoms with Crippen LogP contribution in [0.15, 0.2) is 36.4 Å². The molecule has 188 valence electrons. The zero-order valence-electron chi connectivity index (χ0n) is 20.9. The number of benzene rings is 2. The number of nitrogens with zero attached hydrogens (tertiary/aromatic N) is 1. The number of ether oxygens (including phenoxy) is 2. The third-order valence-electron chi connectivity index (χ3n) is 10.1. The summed E-state index contributed by atoms with van der Waals surface area (Å²) in [4.78, 5) is 6.58. The quantitative estimate of drug-likeness (QED) is 0.469. The number of hydrogen-bond donors (Lipinski definition) is 2. The van der Waals surface area contributed by atoms with Crippen LogP contribution in [0.5, 0.6) is 11.5 Å². The van der Waals surface area contributed by atoms with Gasteiger partial charge in [0.15, 0.2) is 17.6 Å². The van der Waals surface area contributed by atoms with Crippen molar-refractivity contribution in [3.05, 3.63) is 58.8 Å². The van der Waals surface area contributed by atoms with Crippen molar-refractivity contribution in [1.29, 1.82) is 0 Å². The smallest absolute Gasteiger partial charge is 0.166 e. The Kier molecular flexibility index (Phi) is 4.47. The molecular formula is C30H34FN3O2. The molecule has 5 aliphatic rings. The van der Waals surface area contributed by atoms with E-state index in [0.29, 0.717) is 19.0 Å². The Hall–Kier alpha value is -2.57. The largest absolute Gasteiger partial charge is 0.493 e. The lowest BCUT2D eigenvalue weighted by Crippen LogP contribution is -2.79. The number of fused-ring (bicyclic) bond motifs is 4. The number of hydrogen-bond acceptors (Lipinski definition) is 4. The predicted octanol–water partition coefficient (Wildman–Crippen LogP) is 4.83. The minimum atomic E-state index is -0.291. The van der Waals surface area contributed by atoms with Gasteiger partial charge in [-0.3, -0.25) is 9.29 Å². The Balaban J connectivity index is 1.41. The highest BCUT2D eigenvalue weighted by molar-refractivity contribution is 5.86. The number of alkyl halides is 1. The van der Waals surface area contributed by atoms with Gasteiger partial charge in [-0.15, -0.1) is 0 Å². The Morgan fingerprint density at radius 2 is 2.11 bits per heavy atom. The van der Waals surface area contributed by atoms with Crippen molar-refractivity contribution in [2.24, 2.45) is 5.92 Å². The molecule has 6 heteroatoms. The van der Waals surface area contributed by atoms with Crippen molar-refractivity contribution in [2.45, 2.75) is 61.6 Å². The van der Waals surface area contributed by atoms with Crippen molar-refractivity contribution in [1.82, 2.24) is 15.2 Å². The van der Waals surface area contributed by atoms with E-state index in [1.54, 1.807) is 7.11 Å². The molecule has 3 aliphatic carbocycles. The van der Waals surface area contributed by atoms with Crippen LogP contribution in [-0.4, -0.2) is 54.9 Å². The van der Waals surface area contributed by atoms with Gasteiger partial charge in [0.1, 0.15) is 0 Å². The molecule has 1 saturated heterocycles. The van der Waals surface area contributed by atoms with Gasteiger partial charge in [-0.25, -0.2) is 0 Å². The van der Waals surface area contributed by atoms with E-state index in [2.05, 4.69) is 51.6 Å². The molecule has 3 heterocycles. The number of rotatable bonds is 7. The maximum absolute atomic E-state index is 13.4. The van der Waals surface area contributed by atoms with Crippen molar-refractivity contribution < 1.29 is 13.9 Å². The second-order valence-electron chi connectivity index (χ2n) is 11.7. The zero-order valence-corrected chi connectivity index (χ0v) is 20.9. The number of halogens is 1. The maximum Gasteiger partial charge on any atom is 0.166 e. The molecule has 1 aromatic heterocycles. The lowest BCUT2D eigenvalue weighted by Gasteiger charge is -2.65. The van der Waals surface area contributed by atoms with Crippen LogP contribution in [0.2, 0.25) is 0 Å². The Bertz CT molecular complexity index is 1370. The average Bonchev–Trinajstić information content (AvgIpc) is 3.54. The van der Waals surface area contributed by atoms with E-state index in [9.17, 15) is 4.39 Å². The standard InChI is InChI=1S/C30H34FN3O2/c1-35-23-10-9-19-15-24-30(32-13-4-12-31)16-21-20-5-2-3-6-22(20)33-26(21)28-29(30,25(19)27(23)36-28)11-14-34(24)17-18-7-8-18/h2-3,5-6,9-10,18,24,28,32-33H,4,7-8,11-17H2,1H3/t24?,28-,29?,30+/m0/s1. The molecule has 2 bridgehead atoms. The van der Waals surface area contributed by atoms with E-state index in [-0.39, 0.29) is 23.7 Å². The zero-order chi connectivity index (χ0) is 24.1. The topological polar surface area (TPSA) is 49.5 Å². The molecule has 3 aromatic rings. The lowest BCUT2D eigenvalue weighted by atomic mass is 9.47. The lowest BCUT2D eigenvalue weighted by molar-refractivity contribution is -0.0751. The average molecular weight is 488 g/mol. The van der Waals surface area contributed by atoms with Gasteiger partial charge in [-0.05, 0) is 80.8 Å². The van der Waals surface area contributed by atoms with E-state index < -0.39 is 0 Å². The van der Waals surface area contributed by atoms with Crippen LogP contribution in [0.1, 0.15) is 54.2 Å². The summed E-state index contributed by atoms with van der Waals surface area (Å²) < 4.78 is 26.3. The number of para-hydroxylation sites is 1. The molecule has 2 unspecified atom stereocenters. The van der Waals surface area contributed by atoms with Crippen molar-refractivity contribution in [3.8, 4) is 11.5 Å². The molecule has 8 rings (SSSR count). The van der Waals surface area contributed by atoms with Crippen LogP contribution >= 0.6 is 0 Å². The highest BCUT2D eigenvalue weighted by Gasteiger charge is 2.72. The highest BCUT2D eigenvalue weighted by Crippen LogP contribution is 2.69. The molecule has 4 atom stereocenters. The number of likely N-dealkylation sites (tertiary alicyclic amines) is 1. The van der Waals surface area contributed by atoms with Gasteiger partial charge >= 0.3 is 0 Å². The molecule has 1 spiro atoms. The van der Waals surface area contributed by atoms with Crippen LogP contribution in [0.3, 0.4) is 0 Å². The maximum atomic E-state index is 13.4. The minimum absolute atomic E-state index is 0.109. The van der Waals surface area contributed by atoms with Gasteiger partial charge in [0.05, 0.1) is 30.4 Å². The van der Waals surface area contributed by atoms with Crippen LogP contribution in [0, 0.1) is 5.92 Å². The molecule has 2 fully saturated rings. The molecular weight excluding hydrogens is 453 g/mol. The first kappa shape index (κ1) is 21.5. The summed E-state index contributed by atoms with van der Waals surface area (Å²) in [6, 6.07) is 13.4. The Labute approximate surface area is 211 Å². The predicted molar refractivity (Wildman–Crippen MR) is 138 cm³/mol. The molecule has 0 amide bonds. The summed E-state index contributed by atoms with van der Waals surface area (Å²) in [5.41, 5.74) is 6.09. The number of aromatic amines is 1. The molecule has 36 heavy (non-hydrogen) atoms. The van der Waals surface area contributed by atoms with Gasteiger partial charge in [-0.2, -0.15) is 0 Å². The van der Waals surface area contributed by atoms with Crippen LogP contribution in [-0.2, 0) is 18.3 Å². The van der Waals surface area contributed by atoms with Gasteiger partial charge in [-0.1, -0.05) is 24.3 Å². The number of nitrogens with one attached hydrogen (secondary N) is 2. The fraction of sp³-hybridized carbons (Fsp3) is 0.533. The molecule has 2 N–H and O–H groups in total. The number of aromatic nitrogens is 1. The first-order valence-electron chi connectivity index (χ1n) is 13.7. The Morgan fingerprint density at radius 3 is 2.94 bits per heavy atom. The van der Waals surface area contributed by atoms with Gasteiger partial charge < -0.3 is 19.8 Å². The van der Waals surface area contributed by atoms with Gasteiger partial charge in [0.2, 0.25) is 0 Å². The summed E-state index contributed by atoms with van der Waals surface area (Å²) in [5, 5.41) is 5.37. The fourth-order valence-corrected chi connectivity index (χ4v) is 8.49. The van der Waals surface area contributed by atoms with E-state index >= 15 is 0 Å². The number of methoxy groups -OCH3 is 1. The highest BCUT2D eigenvalue weighted by atomic mass is 19.1. The third kappa shape index (κ3) is 2.57. The molecule has 2 aliphatic heterocycles.